The summed E-state index contributed by atoms with van der Waals surface area (Å²) in [6.07, 6.45) is -1.62. The third-order valence-corrected chi connectivity index (χ3v) is 3.39. The molecule has 0 saturated heterocycles. The fourth-order valence-electron chi connectivity index (χ4n) is 2.38. The number of nitrogens with zero attached hydrogens (tertiary/aromatic N) is 1. The van der Waals surface area contributed by atoms with E-state index in [1.54, 1.807) is 6.07 Å². The van der Waals surface area contributed by atoms with Gasteiger partial charge in [-0.15, -0.1) is 0 Å². The first-order valence-corrected chi connectivity index (χ1v) is 6.46. The summed E-state index contributed by atoms with van der Waals surface area (Å²) >= 11 is 0. The molecule has 1 aromatic carbocycles. The van der Waals surface area contributed by atoms with Gasteiger partial charge in [-0.3, -0.25) is 0 Å². The fraction of sp³-hybridized carbons (Fsp3) is 0.357. The molecule has 0 saturated carbocycles. The molecule has 1 aliphatic rings. The molecule has 0 spiro atoms. The third-order valence-electron chi connectivity index (χ3n) is 3.39. The number of hydrogen-bond acceptors (Lipinski definition) is 3. The van der Waals surface area contributed by atoms with Gasteiger partial charge >= 0.3 is 6.18 Å². The maximum atomic E-state index is 12.8. The smallest absolute Gasteiger partial charge is 0.354 e. The average Bonchev–Trinajstić information content (AvgIpc) is 2.67. The lowest BCUT2D eigenvalue weighted by Crippen LogP contribution is -2.04. The minimum Gasteiger partial charge on any atom is -0.354 e. The quantitative estimate of drug-likeness (QED) is 0.855. The van der Waals surface area contributed by atoms with Crippen molar-refractivity contribution in [3.63, 3.8) is 0 Å². The molecule has 1 aliphatic heterocycles. The van der Waals surface area contributed by atoms with Crippen LogP contribution < -0.4 is 5.32 Å². The molecule has 106 valence electrons. The van der Waals surface area contributed by atoms with Gasteiger partial charge in [-0.2, -0.15) is 13.2 Å². The summed E-state index contributed by atoms with van der Waals surface area (Å²) in [5.74, 6) is 0.579. The van der Waals surface area contributed by atoms with Crippen LogP contribution in [0.3, 0.4) is 0 Å². The van der Waals surface area contributed by atoms with Gasteiger partial charge in [0.1, 0.15) is 5.69 Å². The summed E-state index contributed by atoms with van der Waals surface area (Å²) in [6, 6.07) is 5.19. The lowest BCUT2D eigenvalue weighted by atomic mass is 10.0. The van der Waals surface area contributed by atoms with Crippen LogP contribution in [0.5, 0.6) is 0 Å². The van der Waals surface area contributed by atoms with E-state index in [9.17, 15) is 13.2 Å². The van der Waals surface area contributed by atoms with Gasteiger partial charge in [-0.1, -0.05) is 17.3 Å². The zero-order valence-electron chi connectivity index (χ0n) is 10.6. The van der Waals surface area contributed by atoms with Crippen LogP contribution in [-0.4, -0.2) is 11.7 Å². The standard InChI is InChI=1S/C14H13F3N2O/c15-14(16,17)10-5-3-4-9(8-10)12-11-6-1-2-7-18-13(11)20-19-12/h3-5,8,18H,1-2,6-7H2. The number of nitrogens with one attached hydrogen (secondary N) is 1. The van der Waals surface area contributed by atoms with Crippen LogP contribution in [0, 0.1) is 0 Å². The van der Waals surface area contributed by atoms with Crippen LogP contribution in [0.2, 0.25) is 0 Å². The van der Waals surface area contributed by atoms with Crippen molar-refractivity contribution < 1.29 is 17.7 Å². The van der Waals surface area contributed by atoms with E-state index in [1.165, 1.54) is 6.07 Å². The van der Waals surface area contributed by atoms with Crippen LogP contribution in [0.4, 0.5) is 19.1 Å². The Labute approximate surface area is 113 Å². The highest BCUT2D eigenvalue weighted by Crippen LogP contribution is 2.35. The SMILES string of the molecule is FC(F)(F)c1cccc(-c2noc3c2CCCCN3)c1. The van der Waals surface area contributed by atoms with E-state index in [-0.39, 0.29) is 0 Å². The van der Waals surface area contributed by atoms with E-state index in [1.807, 2.05) is 0 Å². The van der Waals surface area contributed by atoms with Crippen molar-refractivity contribution >= 4 is 5.88 Å². The third kappa shape index (κ3) is 2.37. The second kappa shape index (κ2) is 4.85. The van der Waals surface area contributed by atoms with Crippen molar-refractivity contribution in [1.29, 1.82) is 0 Å². The molecule has 0 atom stereocenters. The number of aromatic nitrogens is 1. The molecule has 0 amide bonds. The number of anilines is 1. The Bertz CT molecular complexity index is 619. The molecule has 0 fully saturated rings. The average molecular weight is 282 g/mol. The van der Waals surface area contributed by atoms with E-state index in [0.29, 0.717) is 17.1 Å². The van der Waals surface area contributed by atoms with Crippen LogP contribution in [0.25, 0.3) is 11.3 Å². The molecule has 3 rings (SSSR count). The van der Waals surface area contributed by atoms with Crippen LogP contribution in [0.15, 0.2) is 28.8 Å². The molecule has 0 radical (unpaired) electrons. The molecule has 1 aromatic heterocycles. The van der Waals surface area contributed by atoms with E-state index in [2.05, 4.69) is 10.5 Å². The van der Waals surface area contributed by atoms with Crippen molar-refractivity contribution in [1.82, 2.24) is 5.16 Å². The predicted molar refractivity (Wildman–Crippen MR) is 68.4 cm³/mol. The molecule has 2 heterocycles. The van der Waals surface area contributed by atoms with E-state index in [0.717, 1.165) is 43.5 Å². The monoisotopic (exact) mass is 282 g/mol. The lowest BCUT2D eigenvalue weighted by molar-refractivity contribution is -0.137. The van der Waals surface area contributed by atoms with Crippen LogP contribution >= 0.6 is 0 Å². The number of hydrogen-bond donors (Lipinski definition) is 1. The topological polar surface area (TPSA) is 38.1 Å². The normalized spacial score (nSPS) is 15.3. The number of benzene rings is 1. The van der Waals surface area contributed by atoms with Crippen LogP contribution in [-0.2, 0) is 12.6 Å². The molecule has 6 heteroatoms. The Kier molecular flexibility index (Phi) is 3.16. The van der Waals surface area contributed by atoms with Gasteiger partial charge < -0.3 is 9.84 Å². The van der Waals surface area contributed by atoms with Gasteiger partial charge in [0, 0.05) is 17.7 Å². The summed E-state index contributed by atoms with van der Waals surface area (Å²) < 4.78 is 43.5. The Morgan fingerprint density at radius 1 is 1.20 bits per heavy atom. The Morgan fingerprint density at radius 2 is 2.05 bits per heavy atom. The van der Waals surface area contributed by atoms with Crippen molar-refractivity contribution in [3.8, 4) is 11.3 Å². The van der Waals surface area contributed by atoms with Gasteiger partial charge in [0.15, 0.2) is 0 Å². The lowest BCUT2D eigenvalue weighted by Gasteiger charge is -2.08. The number of rotatable bonds is 1. The maximum Gasteiger partial charge on any atom is 0.416 e. The Morgan fingerprint density at radius 3 is 2.85 bits per heavy atom. The molecule has 20 heavy (non-hydrogen) atoms. The Hall–Kier alpha value is -1.98. The minimum absolute atomic E-state index is 0.438. The van der Waals surface area contributed by atoms with E-state index in [4.69, 9.17) is 4.52 Å². The highest BCUT2D eigenvalue weighted by Gasteiger charge is 2.31. The van der Waals surface area contributed by atoms with Crippen molar-refractivity contribution in [3.05, 3.63) is 35.4 Å². The van der Waals surface area contributed by atoms with Crippen molar-refractivity contribution in [2.24, 2.45) is 0 Å². The molecular formula is C14H13F3N2O. The first-order chi connectivity index (χ1) is 9.55. The Balaban J connectivity index is 2.04. The second-order valence-corrected chi connectivity index (χ2v) is 4.80. The zero-order chi connectivity index (χ0) is 14.2. The fourth-order valence-corrected chi connectivity index (χ4v) is 2.38. The highest BCUT2D eigenvalue weighted by atomic mass is 19.4. The molecule has 0 unspecified atom stereocenters. The summed E-state index contributed by atoms with van der Waals surface area (Å²) in [6.45, 7) is 0.796. The van der Waals surface area contributed by atoms with Gasteiger partial charge in [0.05, 0.1) is 5.56 Å². The zero-order valence-corrected chi connectivity index (χ0v) is 10.6. The summed E-state index contributed by atoms with van der Waals surface area (Å²) in [5, 5.41) is 7.04. The summed E-state index contributed by atoms with van der Waals surface area (Å²) in [4.78, 5) is 0. The number of alkyl halides is 3. The first kappa shape index (κ1) is 13.0. The van der Waals surface area contributed by atoms with Gasteiger partial charge in [0.2, 0.25) is 5.88 Å². The maximum absolute atomic E-state index is 12.8. The largest absolute Gasteiger partial charge is 0.416 e. The van der Waals surface area contributed by atoms with Crippen molar-refractivity contribution in [2.75, 3.05) is 11.9 Å². The summed E-state index contributed by atoms with van der Waals surface area (Å²) in [5.41, 5.74) is 1.13. The highest BCUT2D eigenvalue weighted by molar-refractivity contribution is 5.68. The molecular weight excluding hydrogens is 269 g/mol. The second-order valence-electron chi connectivity index (χ2n) is 4.80. The van der Waals surface area contributed by atoms with Gasteiger partial charge in [-0.05, 0) is 31.4 Å². The number of halogens is 3. The first-order valence-electron chi connectivity index (χ1n) is 6.46. The molecule has 0 aliphatic carbocycles. The van der Waals surface area contributed by atoms with Crippen molar-refractivity contribution in [2.45, 2.75) is 25.4 Å². The van der Waals surface area contributed by atoms with Crippen LogP contribution in [0.1, 0.15) is 24.0 Å². The minimum atomic E-state index is -4.35. The summed E-state index contributed by atoms with van der Waals surface area (Å²) in [7, 11) is 0. The van der Waals surface area contributed by atoms with Gasteiger partial charge in [0.25, 0.3) is 0 Å². The predicted octanol–water partition coefficient (Wildman–Crippen LogP) is 4.11. The molecule has 2 aromatic rings. The molecule has 1 N–H and O–H groups in total. The van der Waals surface area contributed by atoms with E-state index >= 15 is 0 Å². The molecule has 3 nitrogen and oxygen atoms in total. The van der Waals surface area contributed by atoms with E-state index < -0.39 is 11.7 Å². The number of fused-ring (bicyclic) bond motifs is 1. The van der Waals surface area contributed by atoms with Gasteiger partial charge in [-0.25, -0.2) is 0 Å². The molecule has 0 bridgehead atoms.